The highest BCUT2D eigenvalue weighted by molar-refractivity contribution is 6.30. The molecule has 0 spiro atoms. The number of rotatable bonds is 2. The summed E-state index contributed by atoms with van der Waals surface area (Å²) >= 11 is 5.98. The predicted octanol–water partition coefficient (Wildman–Crippen LogP) is 3.34. The maximum absolute atomic E-state index is 12.8. The Labute approximate surface area is 147 Å². The molecular formula is C17H14ClF3N4. The maximum atomic E-state index is 12.8. The first kappa shape index (κ1) is 17.6. The van der Waals surface area contributed by atoms with Gasteiger partial charge in [-0.05, 0) is 18.2 Å². The van der Waals surface area contributed by atoms with Crippen LogP contribution < -0.4 is 11.5 Å². The van der Waals surface area contributed by atoms with E-state index in [4.69, 9.17) is 23.1 Å². The van der Waals surface area contributed by atoms with Gasteiger partial charge in [-0.3, -0.25) is 0 Å². The van der Waals surface area contributed by atoms with Crippen molar-refractivity contribution in [1.29, 1.82) is 0 Å². The molecule has 25 heavy (non-hydrogen) atoms. The van der Waals surface area contributed by atoms with Crippen molar-refractivity contribution in [1.82, 2.24) is 9.97 Å². The molecule has 1 aliphatic carbocycles. The summed E-state index contributed by atoms with van der Waals surface area (Å²) in [6.45, 7) is 0. The Morgan fingerprint density at radius 1 is 1.20 bits per heavy atom. The summed E-state index contributed by atoms with van der Waals surface area (Å²) in [6.07, 6.45) is -0.0263. The van der Waals surface area contributed by atoms with E-state index < -0.39 is 23.3 Å². The monoisotopic (exact) mass is 366 g/mol. The Bertz CT molecular complexity index is 863. The molecule has 0 saturated carbocycles. The third-order valence-corrected chi connectivity index (χ3v) is 4.18. The fraction of sp³-hybridized carbons (Fsp3) is 0.176. The van der Waals surface area contributed by atoms with Crippen LogP contribution in [-0.2, 0) is 5.54 Å². The zero-order valence-electron chi connectivity index (χ0n) is 12.8. The molecule has 0 aliphatic heterocycles. The van der Waals surface area contributed by atoms with E-state index in [1.54, 1.807) is 30.3 Å². The maximum Gasteiger partial charge on any atom is 0.416 e. The lowest BCUT2D eigenvalue weighted by molar-refractivity contribution is -0.0889. The lowest BCUT2D eigenvalue weighted by Crippen LogP contribution is -2.53. The van der Waals surface area contributed by atoms with E-state index in [9.17, 15) is 13.2 Å². The van der Waals surface area contributed by atoms with Crippen molar-refractivity contribution >= 4 is 11.6 Å². The highest BCUT2D eigenvalue weighted by Crippen LogP contribution is 2.34. The van der Waals surface area contributed by atoms with Crippen molar-refractivity contribution < 1.29 is 13.2 Å². The standard InChI is InChI=1S/C17H14ClF3N4/c18-12-3-1-2-10(8-12)13-5-7-24-15(25-13)16(23)6-4-11(9-14(16)22)17(19,20)21/h1-9,14H,22-23H2. The molecule has 0 saturated heterocycles. The zero-order valence-corrected chi connectivity index (χ0v) is 13.6. The van der Waals surface area contributed by atoms with Crippen LogP contribution >= 0.6 is 11.6 Å². The summed E-state index contributed by atoms with van der Waals surface area (Å²) in [4.78, 5) is 8.49. The molecule has 4 nitrogen and oxygen atoms in total. The van der Waals surface area contributed by atoms with E-state index >= 15 is 0 Å². The molecule has 1 aliphatic rings. The Morgan fingerprint density at radius 3 is 2.60 bits per heavy atom. The largest absolute Gasteiger partial charge is 0.416 e. The number of hydrogen-bond acceptors (Lipinski definition) is 4. The normalized spacial score (nSPS) is 23.4. The molecule has 2 unspecified atom stereocenters. The van der Waals surface area contributed by atoms with Crippen LogP contribution in [0.1, 0.15) is 5.82 Å². The van der Waals surface area contributed by atoms with Crippen LogP contribution in [0.25, 0.3) is 11.3 Å². The van der Waals surface area contributed by atoms with E-state index in [0.29, 0.717) is 10.7 Å². The zero-order chi connectivity index (χ0) is 18.2. The van der Waals surface area contributed by atoms with Crippen molar-refractivity contribution in [3.63, 3.8) is 0 Å². The summed E-state index contributed by atoms with van der Waals surface area (Å²) in [5.41, 5.74) is 11.1. The fourth-order valence-electron chi connectivity index (χ4n) is 2.51. The molecule has 0 bridgehead atoms. The lowest BCUT2D eigenvalue weighted by atomic mass is 9.84. The Morgan fingerprint density at radius 2 is 1.96 bits per heavy atom. The molecule has 3 rings (SSSR count). The van der Waals surface area contributed by atoms with Crippen molar-refractivity contribution in [2.45, 2.75) is 17.8 Å². The first-order valence-corrected chi connectivity index (χ1v) is 7.70. The molecule has 8 heteroatoms. The summed E-state index contributed by atoms with van der Waals surface area (Å²) in [6, 6.07) is 7.55. The molecule has 0 fully saturated rings. The van der Waals surface area contributed by atoms with Crippen LogP contribution in [0.4, 0.5) is 13.2 Å². The van der Waals surface area contributed by atoms with E-state index in [-0.39, 0.29) is 5.82 Å². The second kappa shape index (κ2) is 6.25. The molecular weight excluding hydrogens is 353 g/mol. The van der Waals surface area contributed by atoms with E-state index in [1.165, 1.54) is 12.3 Å². The molecule has 1 heterocycles. The first-order valence-electron chi connectivity index (χ1n) is 7.32. The third-order valence-electron chi connectivity index (χ3n) is 3.94. The number of benzene rings is 1. The van der Waals surface area contributed by atoms with Crippen molar-refractivity contribution in [2.75, 3.05) is 0 Å². The van der Waals surface area contributed by atoms with Crippen LogP contribution in [0.5, 0.6) is 0 Å². The lowest BCUT2D eigenvalue weighted by Gasteiger charge is -2.32. The molecule has 2 aromatic rings. The average Bonchev–Trinajstić information content (AvgIpc) is 2.56. The van der Waals surface area contributed by atoms with E-state index in [1.807, 2.05) is 0 Å². The van der Waals surface area contributed by atoms with Gasteiger partial charge in [-0.1, -0.05) is 42.0 Å². The van der Waals surface area contributed by atoms with E-state index in [0.717, 1.165) is 17.7 Å². The van der Waals surface area contributed by atoms with Crippen molar-refractivity contribution in [3.05, 3.63) is 71.2 Å². The second-order valence-electron chi connectivity index (χ2n) is 5.69. The molecule has 1 aromatic carbocycles. The summed E-state index contributed by atoms with van der Waals surface area (Å²) in [5.74, 6) is 0.131. The fourth-order valence-corrected chi connectivity index (χ4v) is 2.70. The minimum Gasteiger partial charge on any atom is -0.322 e. The van der Waals surface area contributed by atoms with Crippen LogP contribution in [-0.4, -0.2) is 22.2 Å². The number of hydrogen-bond donors (Lipinski definition) is 2. The number of nitrogens with two attached hydrogens (primary N) is 2. The highest BCUT2D eigenvalue weighted by atomic mass is 35.5. The highest BCUT2D eigenvalue weighted by Gasteiger charge is 2.41. The van der Waals surface area contributed by atoms with Gasteiger partial charge in [0.1, 0.15) is 5.54 Å². The van der Waals surface area contributed by atoms with Crippen LogP contribution in [0.2, 0.25) is 5.02 Å². The molecule has 130 valence electrons. The molecule has 4 N–H and O–H groups in total. The first-order chi connectivity index (χ1) is 11.7. The molecule has 2 atom stereocenters. The Balaban J connectivity index is 1.99. The number of halogens is 4. The number of nitrogens with zero attached hydrogens (tertiary/aromatic N) is 2. The number of allylic oxidation sites excluding steroid dienone is 2. The van der Waals surface area contributed by atoms with Gasteiger partial charge in [0, 0.05) is 16.8 Å². The molecule has 0 radical (unpaired) electrons. The summed E-state index contributed by atoms with van der Waals surface area (Å²) in [5, 5.41) is 0.534. The van der Waals surface area contributed by atoms with Gasteiger partial charge in [-0.25, -0.2) is 9.97 Å². The van der Waals surface area contributed by atoms with Crippen LogP contribution in [0.3, 0.4) is 0 Å². The minimum absolute atomic E-state index is 0.131. The van der Waals surface area contributed by atoms with Gasteiger partial charge in [0.25, 0.3) is 0 Å². The van der Waals surface area contributed by atoms with Gasteiger partial charge in [0.15, 0.2) is 5.82 Å². The Kier molecular flexibility index (Phi) is 4.40. The predicted molar refractivity (Wildman–Crippen MR) is 89.6 cm³/mol. The van der Waals surface area contributed by atoms with Gasteiger partial charge in [0.05, 0.1) is 17.3 Å². The quantitative estimate of drug-likeness (QED) is 0.854. The van der Waals surface area contributed by atoms with Gasteiger partial charge < -0.3 is 11.5 Å². The van der Waals surface area contributed by atoms with Gasteiger partial charge in [-0.2, -0.15) is 13.2 Å². The summed E-state index contributed by atoms with van der Waals surface area (Å²) < 4.78 is 38.5. The topological polar surface area (TPSA) is 77.8 Å². The number of alkyl halides is 3. The van der Waals surface area contributed by atoms with Gasteiger partial charge in [0.2, 0.25) is 0 Å². The third kappa shape index (κ3) is 3.44. The smallest absolute Gasteiger partial charge is 0.322 e. The Hall–Kier alpha value is -2.22. The minimum atomic E-state index is -4.49. The molecule has 0 amide bonds. The number of aromatic nitrogens is 2. The van der Waals surface area contributed by atoms with Crippen molar-refractivity contribution in [3.8, 4) is 11.3 Å². The van der Waals surface area contributed by atoms with Crippen LogP contribution in [0.15, 0.2) is 60.3 Å². The average molecular weight is 367 g/mol. The van der Waals surface area contributed by atoms with Crippen LogP contribution in [0, 0.1) is 0 Å². The van der Waals surface area contributed by atoms with Crippen molar-refractivity contribution in [2.24, 2.45) is 11.5 Å². The second-order valence-corrected chi connectivity index (χ2v) is 6.12. The van der Waals surface area contributed by atoms with Gasteiger partial charge in [-0.15, -0.1) is 0 Å². The van der Waals surface area contributed by atoms with Gasteiger partial charge >= 0.3 is 6.18 Å². The molecule has 1 aromatic heterocycles. The summed E-state index contributed by atoms with van der Waals surface area (Å²) in [7, 11) is 0. The SMILES string of the molecule is NC1C=C(C(F)(F)F)C=CC1(N)c1nccc(-c2cccc(Cl)c2)n1. The van der Waals surface area contributed by atoms with E-state index in [2.05, 4.69) is 9.97 Å².